The second kappa shape index (κ2) is 6.30. The number of rotatable bonds is 6. The summed E-state index contributed by atoms with van der Waals surface area (Å²) in [7, 11) is 0. The average Bonchev–Trinajstić information content (AvgIpc) is 2.76. The van der Waals surface area contributed by atoms with Gasteiger partial charge in [-0.1, -0.05) is 12.8 Å². The fourth-order valence-corrected chi connectivity index (χ4v) is 2.44. The SMILES string of the molecule is SCCCCCCN1CCn2ccnc2C1. The molecule has 1 aromatic rings. The number of thiol groups is 1. The predicted octanol–water partition coefficient (Wildman–Crippen LogP) is 2.19. The Morgan fingerprint density at radius 2 is 2.06 bits per heavy atom. The number of nitrogens with zero attached hydrogens (tertiary/aromatic N) is 3. The first-order chi connectivity index (χ1) is 7.90. The summed E-state index contributed by atoms with van der Waals surface area (Å²) in [5.41, 5.74) is 0. The van der Waals surface area contributed by atoms with E-state index in [0.29, 0.717) is 0 Å². The largest absolute Gasteiger partial charge is 0.333 e. The lowest BCUT2D eigenvalue weighted by Gasteiger charge is -2.27. The van der Waals surface area contributed by atoms with Crippen LogP contribution in [0.3, 0.4) is 0 Å². The van der Waals surface area contributed by atoms with E-state index >= 15 is 0 Å². The van der Waals surface area contributed by atoms with Crippen molar-refractivity contribution >= 4 is 12.6 Å². The zero-order valence-corrected chi connectivity index (χ0v) is 10.7. The van der Waals surface area contributed by atoms with E-state index in [1.165, 1.54) is 44.6 Å². The van der Waals surface area contributed by atoms with E-state index in [-0.39, 0.29) is 0 Å². The lowest BCUT2D eigenvalue weighted by molar-refractivity contribution is 0.212. The molecular weight excluding hydrogens is 218 g/mol. The van der Waals surface area contributed by atoms with Crippen molar-refractivity contribution in [3.05, 3.63) is 18.2 Å². The van der Waals surface area contributed by atoms with Crippen molar-refractivity contribution in [1.82, 2.24) is 14.5 Å². The van der Waals surface area contributed by atoms with Crippen LogP contribution in [0.4, 0.5) is 0 Å². The van der Waals surface area contributed by atoms with Gasteiger partial charge in [-0.2, -0.15) is 12.6 Å². The number of fused-ring (bicyclic) bond motifs is 1. The lowest BCUT2D eigenvalue weighted by atomic mass is 10.2. The summed E-state index contributed by atoms with van der Waals surface area (Å²) in [6, 6.07) is 0. The van der Waals surface area contributed by atoms with Gasteiger partial charge in [0.2, 0.25) is 0 Å². The quantitative estimate of drug-likeness (QED) is 0.607. The molecule has 0 radical (unpaired) electrons. The molecule has 0 aliphatic carbocycles. The molecule has 3 nitrogen and oxygen atoms in total. The van der Waals surface area contributed by atoms with Crippen LogP contribution in [0, 0.1) is 0 Å². The molecule has 1 aliphatic heterocycles. The average molecular weight is 239 g/mol. The van der Waals surface area contributed by atoms with Gasteiger partial charge in [0.25, 0.3) is 0 Å². The van der Waals surface area contributed by atoms with E-state index < -0.39 is 0 Å². The van der Waals surface area contributed by atoms with Crippen molar-refractivity contribution in [1.29, 1.82) is 0 Å². The van der Waals surface area contributed by atoms with E-state index in [4.69, 9.17) is 0 Å². The highest BCUT2D eigenvalue weighted by atomic mass is 32.1. The van der Waals surface area contributed by atoms with Gasteiger partial charge in [-0.3, -0.25) is 4.90 Å². The third-order valence-corrected chi connectivity index (χ3v) is 3.52. The third-order valence-electron chi connectivity index (χ3n) is 3.21. The summed E-state index contributed by atoms with van der Waals surface area (Å²) in [5, 5.41) is 0. The molecule has 0 bridgehead atoms. The molecule has 2 rings (SSSR count). The molecule has 0 N–H and O–H groups in total. The Balaban J connectivity index is 1.65. The van der Waals surface area contributed by atoms with Gasteiger partial charge in [-0.25, -0.2) is 4.98 Å². The molecule has 2 heterocycles. The highest BCUT2D eigenvalue weighted by Crippen LogP contribution is 2.11. The maximum absolute atomic E-state index is 4.38. The van der Waals surface area contributed by atoms with Gasteiger partial charge >= 0.3 is 0 Å². The Labute approximate surface area is 103 Å². The van der Waals surface area contributed by atoms with Crippen LogP contribution < -0.4 is 0 Å². The number of hydrogen-bond acceptors (Lipinski definition) is 3. The Morgan fingerprint density at radius 1 is 1.19 bits per heavy atom. The topological polar surface area (TPSA) is 21.1 Å². The highest BCUT2D eigenvalue weighted by Gasteiger charge is 2.15. The first kappa shape index (κ1) is 12.0. The molecule has 0 fully saturated rings. The minimum Gasteiger partial charge on any atom is -0.333 e. The van der Waals surface area contributed by atoms with Gasteiger partial charge in [0.15, 0.2) is 0 Å². The van der Waals surface area contributed by atoms with Crippen LogP contribution in [0.1, 0.15) is 31.5 Å². The van der Waals surface area contributed by atoms with Crippen molar-refractivity contribution in [2.24, 2.45) is 0 Å². The van der Waals surface area contributed by atoms with Crippen molar-refractivity contribution in [3.8, 4) is 0 Å². The Morgan fingerprint density at radius 3 is 2.94 bits per heavy atom. The first-order valence-electron chi connectivity index (χ1n) is 6.23. The summed E-state index contributed by atoms with van der Waals surface area (Å²) in [4.78, 5) is 6.89. The Hall–Kier alpha value is -0.480. The zero-order chi connectivity index (χ0) is 11.2. The standard InChI is InChI=1S/C12H21N3S/c16-10-4-2-1-3-6-14-8-9-15-7-5-13-12(15)11-14/h5,7,16H,1-4,6,8-11H2. The second-order valence-corrected chi connectivity index (χ2v) is 4.90. The molecule has 0 saturated heterocycles. The smallest absolute Gasteiger partial charge is 0.122 e. The summed E-state index contributed by atoms with van der Waals surface area (Å²) in [6.45, 7) is 4.53. The van der Waals surface area contributed by atoms with Gasteiger partial charge in [-0.05, 0) is 25.1 Å². The first-order valence-corrected chi connectivity index (χ1v) is 6.86. The highest BCUT2D eigenvalue weighted by molar-refractivity contribution is 7.80. The van der Waals surface area contributed by atoms with E-state index in [2.05, 4.69) is 33.3 Å². The van der Waals surface area contributed by atoms with Crippen molar-refractivity contribution in [3.63, 3.8) is 0 Å². The number of aromatic nitrogens is 2. The van der Waals surface area contributed by atoms with Gasteiger partial charge in [0.05, 0.1) is 6.54 Å². The number of unbranched alkanes of at least 4 members (excludes halogenated alkanes) is 3. The molecule has 4 heteroatoms. The van der Waals surface area contributed by atoms with Crippen molar-refractivity contribution in [2.75, 3.05) is 18.8 Å². The minimum absolute atomic E-state index is 1.03. The summed E-state index contributed by atoms with van der Waals surface area (Å²) in [6.07, 6.45) is 9.23. The molecule has 0 atom stereocenters. The Kier molecular flexibility index (Phi) is 4.72. The molecule has 0 saturated carbocycles. The van der Waals surface area contributed by atoms with Gasteiger partial charge < -0.3 is 4.57 Å². The van der Waals surface area contributed by atoms with Crippen LogP contribution in [0.15, 0.2) is 12.4 Å². The number of hydrogen-bond donors (Lipinski definition) is 1. The van der Waals surface area contributed by atoms with Crippen molar-refractivity contribution < 1.29 is 0 Å². The molecule has 0 spiro atoms. The molecule has 1 aliphatic rings. The molecule has 90 valence electrons. The van der Waals surface area contributed by atoms with Gasteiger partial charge in [0, 0.05) is 25.5 Å². The fraction of sp³-hybridized carbons (Fsp3) is 0.750. The Bertz CT molecular complexity index is 311. The van der Waals surface area contributed by atoms with E-state index in [1.807, 2.05) is 6.20 Å². The molecule has 1 aromatic heterocycles. The molecular formula is C12H21N3S. The van der Waals surface area contributed by atoms with E-state index in [0.717, 1.165) is 18.8 Å². The van der Waals surface area contributed by atoms with Crippen LogP contribution >= 0.6 is 12.6 Å². The summed E-state index contributed by atoms with van der Waals surface area (Å²) < 4.78 is 2.26. The van der Waals surface area contributed by atoms with Crippen LogP contribution in [0.5, 0.6) is 0 Å². The molecule has 16 heavy (non-hydrogen) atoms. The predicted molar refractivity (Wildman–Crippen MR) is 69.8 cm³/mol. The minimum atomic E-state index is 1.03. The normalized spacial score (nSPS) is 16.3. The fourth-order valence-electron chi connectivity index (χ4n) is 2.22. The van der Waals surface area contributed by atoms with E-state index in [9.17, 15) is 0 Å². The maximum atomic E-state index is 4.38. The molecule has 0 amide bonds. The van der Waals surface area contributed by atoms with Crippen molar-refractivity contribution in [2.45, 2.75) is 38.8 Å². The second-order valence-electron chi connectivity index (χ2n) is 4.45. The summed E-state index contributed by atoms with van der Waals surface area (Å²) >= 11 is 4.23. The molecule has 0 aromatic carbocycles. The monoisotopic (exact) mass is 239 g/mol. The zero-order valence-electron chi connectivity index (χ0n) is 9.81. The van der Waals surface area contributed by atoms with Crippen LogP contribution in [0.25, 0.3) is 0 Å². The molecule has 0 unspecified atom stereocenters. The maximum Gasteiger partial charge on any atom is 0.122 e. The van der Waals surface area contributed by atoms with Crippen LogP contribution in [-0.4, -0.2) is 33.3 Å². The van der Waals surface area contributed by atoms with E-state index in [1.54, 1.807) is 0 Å². The third kappa shape index (κ3) is 3.25. The summed E-state index contributed by atoms with van der Waals surface area (Å²) in [5.74, 6) is 2.25. The van der Waals surface area contributed by atoms with Gasteiger partial charge in [-0.15, -0.1) is 0 Å². The lowest BCUT2D eigenvalue weighted by Crippen LogP contribution is -2.34. The van der Waals surface area contributed by atoms with Crippen LogP contribution in [-0.2, 0) is 13.1 Å². The van der Waals surface area contributed by atoms with Gasteiger partial charge in [0.1, 0.15) is 5.82 Å². The number of imidazole rings is 1. The van der Waals surface area contributed by atoms with Crippen LogP contribution in [0.2, 0.25) is 0 Å².